The number of carbonyl (C=O) groups is 1. The summed E-state index contributed by atoms with van der Waals surface area (Å²) in [4.78, 5) is 31.2. The van der Waals surface area contributed by atoms with Gasteiger partial charge in [0.05, 0.1) is 0 Å². The zero-order chi connectivity index (χ0) is 22.7. The van der Waals surface area contributed by atoms with E-state index in [1.54, 1.807) is 0 Å². The van der Waals surface area contributed by atoms with Crippen LogP contribution in [0.15, 0.2) is 24.5 Å². The molecular weight excluding hydrogens is 400 g/mol. The highest BCUT2D eigenvalue weighted by Crippen LogP contribution is 2.23. The molecule has 172 valence electrons. The molecule has 2 aromatic rings. The van der Waals surface area contributed by atoms with Crippen LogP contribution in [0, 0.1) is 13.8 Å². The minimum atomic E-state index is 0.171. The molecule has 2 saturated heterocycles. The molecule has 0 unspecified atom stereocenters. The van der Waals surface area contributed by atoms with Crippen molar-refractivity contribution in [3.63, 3.8) is 0 Å². The summed E-state index contributed by atoms with van der Waals surface area (Å²) in [6, 6.07) is 4.63. The van der Waals surface area contributed by atoms with Crippen LogP contribution in [-0.4, -0.2) is 78.2 Å². The minimum Gasteiger partial charge on any atom is -0.353 e. The second-order valence-corrected chi connectivity index (χ2v) is 8.93. The van der Waals surface area contributed by atoms with Crippen LogP contribution in [0.25, 0.3) is 0 Å². The Kier molecular flexibility index (Phi) is 6.82. The summed E-state index contributed by atoms with van der Waals surface area (Å²) in [7, 11) is 0. The molecule has 2 amide bonds. The highest BCUT2D eigenvalue weighted by atomic mass is 16.2. The lowest BCUT2D eigenvalue weighted by atomic mass is 10.1. The van der Waals surface area contributed by atoms with E-state index in [1.165, 1.54) is 22.3 Å². The van der Waals surface area contributed by atoms with E-state index >= 15 is 0 Å². The van der Waals surface area contributed by atoms with Crippen LogP contribution in [0.2, 0.25) is 0 Å². The van der Waals surface area contributed by atoms with E-state index in [2.05, 4.69) is 59.6 Å². The predicted molar refractivity (Wildman–Crippen MR) is 130 cm³/mol. The Morgan fingerprint density at radius 2 is 1.09 bits per heavy atom. The average Bonchev–Trinajstić information content (AvgIpc) is 2.83. The zero-order valence-electron chi connectivity index (χ0n) is 20.0. The van der Waals surface area contributed by atoms with Crippen molar-refractivity contribution in [2.24, 2.45) is 0 Å². The number of pyridine rings is 2. The Morgan fingerprint density at radius 1 is 0.719 bits per heavy atom. The van der Waals surface area contributed by atoms with Crippen LogP contribution in [0.1, 0.15) is 36.1 Å². The quantitative estimate of drug-likeness (QED) is 0.736. The lowest BCUT2D eigenvalue weighted by molar-refractivity contribution is 0.147. The number of rotatable bonds is 4. The largest absolute Gasteiger partial charge is 0.353 e. The molecule has 0 spiro atoms. The standard InChI is InChI=1S/C25H36N6O/c1-5-21-15-19(3)17-26-23(21)28-7-11-30(12-8-28)25(32)31-13-9-29(10-14-31)24-22(6-2)16-20(4)18-27-24/h15-18H,5-14H2,1-4H3. The number of anilines is 2. The molecule has 0 bridgehead atoms. The van der Waals surface area contributed by atoms with Crippen LogP contribution in [-0.2, 0) is 12.8 Å². The van der Waals surface area contributed by atoms with Crippen molar-refractivity contribution in [2.45, 2.75) is 40.5 Å². The fraction of sp³-hybridized carbons (Fsp3) is 0.560. The monoisotopic (exact) mass is 436 g/mol. The number of amides is 2. The normalized spacial score (nSPS) is 17.1. The number of aromatic nitrogens is 2. The summed E-state index contributed by atoms with van der Waals surface area (Å²) in [5, 5.41) is 0. The minimum absolute atomic E-state index is 0.171. The average molecular weight is 437 g/mol. The van der Waals surface area contributed by atoms with E-state index < -0.39 is 0 Å². The molecule has 2 aliphatic rings. The molecule has 4 heterocycles. The van der Waals surface area contributed by atoms with Gasteiger partial charge in [-0.05, 0) is 48.9 Å². The maximum absolute atomic E-state index is 13.2. The first-order valence-electron chi connectivity index (χ1n) is 11.9. The van der Waals surface area contributed by atoms with Crippen LogP contribution in [0.5, 0.6) is 0 Å². The number of piperazine rings is 2. The van der Waals surface area contributed by atoms with E-state index in [9.17, 15) is 4.79 Å². The van der Waals surface area contributed by atoms with Gasteiger partial charge in [-0.1, -0.05) is 26.0 Å². The molecule has 0 saturated carbocycles. The van der Waals surface area contributed by atoms with Crippen molar-refractivity contribution in [1.29, 1.82) is 0 Å². The molecule has 7 nitrogen and oxygen atoms in total. The van der Waals surface area contributed by atoms with Crippen LogP contribution in [0.4, 0.5) is 16.4 Å². The molecular formula is C25H36N6O. The van der Waals surface area contributed by atoms with Crippen LogP contribution >= 0.6 is 0 Å². The summed E-state index contributed by atoms with van der Waals surface area (Å²) in [5.41, 5.74) is 4.98. The lowest BCUT2D eigenvalue weighted by Crippen LogP contribution is -2.57. The third kappa shape index (κ3) is 4.66. The van der Waals surface area contributed by atoms with Crippen molar-refractivity contribution < 1.29 is 4.79 Å². The summed E-state index contributed by atoms with van der Waals surface area (Å²) >= 11 is 0. The van der Waals surface area contributed by atoms with Crippen molar-refractivity contribution >= 4 is 17.7 Å². The Labute approximate surface area is 192 Å². The number of nitrogens with zero attached hydrogens (tertiary/aromatic N) is 6. The molecule has 0 aliphatic carbocycles. The summed E-state index contributed by atoms with van der Waals surface area (Å²) in [6.07, 6.45) is 5.84. The predicted octanol–water partition coefficient (Wildman–Crippen LogP) is 3.28. The molecule has 7 heteroatoms. The fourth-order valence-electron chi connectivity index (χ4n) is 4.75. The Balaban J connectivity index is 1.32. The first-order chi connectivity index (χ1) is 15.5. The first-order valence-corrected chi connectivity index (χ1v) is 11.9. The molecule has 32 heavy (non-hydrogen) atoms. The second kappa shape index (κ2) is 9.76. The number of urea groups is 1. The Bertz CT molecular complexity index is 870. The molecule has 0 radical (unpaired) electrons. The van der Waals surface area contributed by atoms with Crippen molar-refractivity contribution in [3.8, 4) is 0 Å². The Hall–Kier alpha value is -2.83. The van der Waals surface area contributed by atoms with Crippen molar-refractivity contribution in [1.82, 2.24) is 19.8 Å². The van der Waals surface area contributed by atoms with Gasteiger partial charge in [0.15, 0.2) is 0 Å². The third-order valence-corrected chi connectivity index (χ3v) is 6.62. The molecule has 2 aromatic heterocycles. The molecule has 4 rings (SSSR count). The van der Waals surface area contributed by atoms with Gasteiger partial charge < -0.3 is 19.6 Å². The highest BCUT2D eigenvalue weighted by molar-refractivity contribution is 5.75. The van der Waals surface area contributed by atoms with Crippen LogP contribution < -0.4 is 9.80 Å². The van der Waals surface area contributed by atoms with E-state index in [4.69, 9.17) is 0 Å². The van der Waals surface area contributed by atoms with Gasteiger partial charge >= 0.3 is 6.03 Å². The van der Waals surface area contributed by atoms with Gasteiger partial charge in [-0.25, -0.2) is 14.8 Å². The summed E-state index contributed by atoms with van der Waals surface area (Å²) in [5.74, 6) is 2.16. The number of aryl methyl sites for hydroxylation is 4. The highest BCUT2D eigenvalue weighted by Gasteiger charge is 2.29. The Morgan fingerprint density at radius 3 is 1.44 bits per heavy atom. The van der Waals surface area contributed by atoms with E-state index in [0.29, 0.717) is 0 Å². The summed E-state index contributed by atoms with van der Waals surface area (Å²) < 4.78 is 0. The molecule has 2 fully saturated rings. The zero-order valence-corrected chi connectivity index (χ0v) is 20.0. The van der Waals surface area contributed by atoms with Gasteiger partial charge in [-0.15, -0.1) is 0 Å². The van der Waals surface area contributed by atoms with E-state index in [0.717, 1.165) is 76.8 Å². The van der Waals surface area contributed by atoms with Gasteiger partial charge in [0.25, 0.3) is 0 Å². The molecule has 2 aliphatic heterocycles. The van der Waals surface area contributed by atoms with Gasteiger partial charge in [0, 0.05) is 64.8 Å². The smallest absolute Gasteiger partial charge is 0.320 e. The number of carbonyl (C=O) groups excluding carboxylic acids is 1. The fourth-order valence-corrected chi connectivity index (χ4v) is 4.75. The van der Waals surface area contributed by atoms with Crippen molar-refractivity contribution in [2.75, 3.05) is 62.2 Å². The number of hydrogen-bond acceptors (Lipinski definition) is 5. The van der Waals surface area contributed by atoms with Gasteiger partial charge in [0.1, 0.15) is 11.6 Å². The van der Waals surface area contributed by atoms with Gasteiger partial charge in [-0.2, -0.15) is 0 Å². The van der Waals surface area contributed by atoms with Crippen LogP contribution in [0.3, 0.4) is 0 Å². The van der Waals surface area contributed by atoms with E-state index in [1.807, 2.05) is 22.2 Å². The van der Waals surface area contributed by atoms with Gasteiger partial charge in [-0.3, -0.25) is 0 Å². The first kappa shape index (κ1) is 22.4. The summed E-state index contributed by atoms with van der Waals surface area (Å²) in [6.45, 7) is 14.9. The maximum atomic E-state index is 13.2. The second-order valence-electron chi connectivity index (χ2n) is 8.93. The van der Waals surface area contributed by atoms with E-state index in [-0.39, 0.29) is 6.03 Å². The third-order valence-electron chi connectivity index (χ3n) is 6.62. The van der Waals surface area contributed by atoms with Crippen molar-refractivity contribution in [3.05, 3.63) is 46.8 Å². The molecule has 0 aromatic carbocycles. The topological polar surface area (TPSA) is 55.8 Å². The van der Waals surface area contributed by atoms with Gasteiger partial charge in [0.2, 0.25) is 0 Å². The lowest BCUT2D eigenvalue weighted by Gasteiger charge is -2.41. The number of hydrogen-bond donors (Lipinski definition) is 0. The molecule has 0 atom stereocenters. The SMILES string of the molecule is CCc1cc(C)cnc1N1CCN(C(=O)N2CCN(c3ncc(C)cc3CC)CC2)CC1. The maximum Gasteiger partial charge on any atom is 0.320 e. The molecule has 0 N–H and O–H groups in total.